The van der Waals surface area contributed by atoms with Crippen molar-refractivity contribution in [1.29, 1.82) is 0 Å². The van der Waals surface area contributed by atoms with E-state index in [1.807, 2.05) is 94.4 Å². The number of amides is 3. The first kappa shape index (κ1) is 110. The second-order valence-electron chi connectivity index (χ2n) is 38.9. The van der Waals surface area contributed by atoms with Gasteiger partial charge in [0.15, 0.2) is 11.6 Å². The topological polar surface area (TPSA) is 287 Å². The molecule has 6 aromatic carbocycles. The van der Waals surface area contributed by atoms with Gasteiger partial charge in [-0.1, -0.05) is 205 Å². The van der Waals surface area contributed by atoms with Crippen LogP contribution >= 0.6 is 12.4 Å². The summed E-state index contributed by atoms with van der Waals surface area (Å²) in [6, 6.07) is 39.1. The number of ketones is 2. The summed E-state index contributed by atoms with van der Waals surface area (Å²) in [6.07, 6.45) is 0.617. The number of Topliss-reactive ketones (excluding diaryl/α,β-unsaturated/α-hetero) is 2. The lowest BCUT2D eigenvalue weighted by Crippen LogP contribution is -2.49. The van der Waals surface area contributed by atoms with Crippen molar-refractivity contribution in [2.75, 3.05) is 6.54 Å². The Balaban J connectivity index is 0.000000314. The lowest BCUT2D eigenvalue weighted by atomic mass is 9.69. The lowest BCUT2D eigenvalue weighted by molar-refractivity contribution is -0.193. The molecule has 3 spiro atoms. The third-order valence-electron chi connectivity index (χ3n) is 24.2. The Morgan fingerprint density at radius 2 is 0.685 bits per heavy atom. The van der Waals surface area contributed by atoms with E-state index in [0.29, 0.717) is 86.9 Å². The smallest absolute Gasteiger partial charge is 0.416 e. The van der Waals surface area contributed by atoms with Gasteiger partial charge in [0.1, 0.15) is 39.7 Å². The monoisotopic (exact) mass is 1840 g/mol. The van der Waals surface area contributed by atoms with Crippen LogP contribution in [0, 0.1) is 39.4 Å². The Kier molecular flexibility index (Phi) is 39.2. The van der Waals surface area contributed by atoms with Crippen LogP contribution in [0.1, 0.15) is 297 Å². The van der Waals surface area contributed by atoms with Crippen LogP contribution in [0.15, 0.2) is 167 Å². The van der Waals surface area contributed by atoms with E-state index >= 15 is 0 Å². The van der Waals surface area contributed by atoms with E-state index in [2.05, 4.69) is 83.1 Å². The van der Waals surface area contributed by atoms with Gasteiger partial charge in [-0.2, -0.15) is 68.3 Å². The number of ether oxygens (including phenoxy) is 1. The molecule has 0 atom stereocenters. The molecule has 3 heterocycles. The summed E-state index contributed by atoms with van der Waals surface area (Å²) in [7, 11) is 0. The summed E-state index contributed by atoms with van der Waals surface area (Å²) < 4.78 is 125. The minimum absolute atomic E-state index is 0. The van der Waals surface area contributed by atoms with Crippen molar-refractivity contribution < 1.29 is 102 Å². The Labute approximate surface area is 762 Å². The first-order valence-corrected chi connectivity index (χ1v) is 43.5. The molecule has 0 radical (unpaired) electrons. The second kappa shape index (κ2) is 46.4. The zero-order valence-electron chi connectivity index (χ0n) is 77.1. The third-order valence-corrected chi connectivity index (χ3v) is 24.2. The number of nitrogens with zero attached hydrogens (tertiary/aromatic N) is 6. The number of aliphatic imine (C=N–C) groups is 3. The van der Waals surface area contributed by atoms with Gasteiger partial charge in [-0.3, -0.25) is 43.7 Å². The highest BCUT2D eigenvalue weighted by Gasteiger charge is 2.54. The molecule has 3 aliphatic heterocycles. The largest absolute Gasteiger partial charge is 0.460 e. The zero-order chi connectivity index (χ0) is 96.7. The zero-order valence-corrected chi connectivity index (χ0v) is 77.9. The van der Waals surface area contributed by atoms with Crippen molar-refractivity contribution in [3.8, 4) is 0 Å². The van der Waals surface area contributed by atoms with Crippen LogP contribution in [0.25, 0.3) is 0 Å². The minimum Gasteiger partial charge on any atom is -0.460 e. The fourth-order valence-corrected chi connectivity index (χ4v) is 17.2. The summed E-state index contributed by atoms with van der Waals surface area (Å²) in [5.74, 6) is 0.448. The highest BCUT2D eigenvalue weighted by atomic mass is 35.5. The summed E-state index contributed by atoms with van der Waals surface area (Å²) in [4.78, 5) is 146. The van der Waals surface area contributed by atoms with Crippen molar-refractivity contribution in [3.05, 3.63) is 213 Å². The van der Waals surface area contributed by atoms with Crippen LogP contribution in [0.4, 0.5) is 39.5 Å². The molecule has 3 fully saturated rings. The van der Waals surface area contributed by atoms with Gasteiger partial charge in [0, 0.05) is 66.8 Å². The predicted molar refractivity (Wildman–Crippen MR) is 476 cm³/mol. The minimum atomic E-state index is -4.51. The van der Waals surface area contributed by atoms with E-state index < -0.39 is 52.2 Å². The number of carbonyl (C=O) groups excluding carboxylic acids is 12. The van der Waals surface area contributed by atoms with Gasteiger partial charge in [0.05, 0.1) is 23.1 Å². The van der Waals surface area contributed by atoms with Gasteiger partial charge in [-0.25, -0.2) is 0 Å². The third kappa shape index (κ3) is 31.0. The molecule has 3 saturated carbocycles. The van der Waals surface area contributed by atoms with Crippen LogP contribution in [-0.4, -0.2) is 115 Å². The number of benzene rings is 6. The van der Waals surface area contributed by atoms with Crippen LogP contribution < -0.4 is 5.73 Å². The summed E-state index contributed by atoms with van der Waals surface area (Å²) in [6.45, 7) is 35.3. The van der Waals surface area contributed by atoms with E-state index in [4.69, 9.17) is 54.2 Å². The molecular formula is C100H123ClF9N7O13. The number of hydrogen-bond donors (Lipinski definition) is 1. The predicted octanol–water partition coefficient (Wildman–Crippen LogP) is 22.1. The van der Waals surface area contributed by atoms with E-state index in [1.165, 1.54) is 30.3 Å². The molecule has 6 aromatic rings. The Bertz CT molecular complexity index is 4980. The number of nitrogens with two attached hydrogens (primary N) is 1. The molecule has 2 N–H and O–H groups in total. The van der Waals surface area contributed by atoms with Crippen molar-refractivity contribution >= 4 is 83.3 Å². The number of alkyl halides is 9. The fraction of sp³-hybridized carbons (Fsp3) is 0.520. The normalized spacial score (nSPS) is 20.3. The van der Waals surface area contributed by atoms with Gasteiger partial charge in [0.25, 0.3) is 17.7 Å². The average Bonchev–Trinajstić information content (AvgIpc) is 1.62. The highest BCUT2D eigenvalue weighted by molar-refractivity contribution is 6.48. The Morgan fingerprint density at radius 1 is 0.408 bits per heavy atom. The number of carbonyl (C=O) groups is 6. The van der Waals surface area contributed by atoms with Gasteiger partial charge < -0.3 is 25.2 Å². The van der Waals surface area contributed by atoms with Crippen LogP contribution in [0.5, 0.6) is 0 Å². The number of rotatable bonds is 18. The van der Waals surface area contributed by atoms with Crippen LogP contribution in [0.3, 0.4) is 0 Å². The van der Waals surface area contributed by atoms with Crippen molar-refractivity contribution in [1.82, 2.24) is 14.7 Å². The molecule has 6 aliphatic rings. The molecule has 0 bridgehead atoms. The van der Waals surface area contributed by atoms with E-state index in [-0.39, 0.29) is 140 Å². The first-order valence-electron chi connectivity index (χ1n) is 43.5. The Hall–Kier alpha value is -10.7. The number of esters is 1. The summed E-state index contributed by atoms with van der Waals surface area (Å²) >= 11 is 0. The van der Waals surface area contributed by atoms with Crippen molar-refractivity contribution in [2.45, 2.75) is 287 Å². The SMILES string of the molecule is CC(C)(C)C1CCC2(CC1)N=C(c1cccc(C(F)(F)F)c1)C(=O)N2Cc1ccccc1.CC(C)(C)CCCC(=O)c1ccc(CN2C(=O)C(c3cccc(C(F)(F)F)c3)=NC23CCC(C(C)(C)C)CC3)cc1.CC(C)(C)OC(=O)CCN.CCCC(=O)c1ccc(CN2C(=O)C(c3cccc(C(F)(F)F)c3)=NC23CCC(C(C)(C)C)CC3)cc1.Cl.O=C=O.O=C=O.O=C=O. The summed E-state index contributed by atoms with van der Waals surface area (Å²) in [5.41, 5.74) is 5.70. The molecule has 12 rings (SSSR count). The number of halogens is 10. The standard InChI is InChI=1S/C34H43F3N2O2.C30H35F3N2O2.C26H29F3N2O.C7H15NO2.3CO2.ClH/c1-31(2,3)18-8-11-28(40)24-14-12-23(13-15-24)22-39-30(41)29(25-9-7-10-27(21-25)34(35,36)37)38-33(39)19-16-26(17-20-33)32(4,5)6;1-5-7-25(36)21-12-10-20(11-13-21)19-35-27(37)26(22-8-6-9-24(18-22)30(31,32)33)34-29(35)16-14-23(15-17-29)28(2,3)4;1-24(2,3)20-12-14-25(15-13-20)30-22(19-10-7-11-21(16-19)26(27,28)29)23(32)31(25)17-18-8-5-4-6-9-18;1-7(2,3)10-6(9)4-5-8;3*2-1-3;/h7,9-10,12-15,21,26H,8,11,16-20,22H2,1-6H3;6,8-13,18,23H,5,7,14-17,19H2,1-4H3;4-11,16,20H,12-15,17H2,1-3H3;4-5,8H2,1-3H3;;;;1H. The second-order valence-corrected chi connectivity index (χ2v) is 38.9. The van der Waals surface area contributed by atoms with Gasteiger partial charge in [-0.05, 0) is 210 Å². The molecule has 706 valence electrons. The fourth-order valence-electron chi connectivity index (χ4n) is 17.2. The molecule has 0 aromatic heterocycles. The van der Waals surface area contributed by atoms with Gasteiger partial charge >= 0.3 is 43.0 Å². The maximum absolute atomic E-state index is 13.9. The molecule has 30 heteroatoms. The van der Waals surface area contributed by atoms with E-state index in [1.54, 1.807) is 32.9 Å². The van der Waals surface area contributed by atoms with Gasteiger partial charge in [0.2, 0.25) is 0 Å². The molecule has 20 nitrogen and oxygen atoms in total. The van der Waals surface area contributed by atoms with E-state index in [0.717, 1.165) is 124 Å². The molecule has 3 aliphatic carbocycles. The van der Waals surface area contributed by atoms with Crippen molar-refractivity contribution in [3.63, 3.8) is 0 Å². The molecule has 130 heavy (non-hydrogen) atoms. The maximum Gasteiger partial charge on any atom is 0.416 e. The first-order chi connectivity index (χ1) is 60.0. The van der Waals surface area contributed by atoms with Crippen LogP contribution in [-0.2, 0) is 90.8 Å². The molecule has 0 unspecified atom stereocenters. The van der Waals surface area contributed by atoms with Gasteiger partial charge in [-0.15, -0.1) is 12.4 Å². The van der Waals surface area contributed by atoms with Crippen LogP contribution in [0.2, 0.25) is 0 Å². The molecule has 0 saturated heterocycles. The quantitative estimate of drug-likeness (QED) is 0.0476. The van der Waals surface area contributed by atoms with E-state index in [9.17, 15) is 68.3 Å². The maximum atomic E-state index is 13.9. The lowest BCUT2D eigenvalue weighted by Gasteiger charge is -2.45. The number of hydrogen-bond acceptors (Lipinski definition) is 17. The molecule has 3 amide bonds. The highest BCUT2D eigenvalue weighted by Crippen LogP contribution is 2.51. The Morgan fingerprint density at radius 3 is 0.931 bits per heavy atom. The van der Waals surface area contributed by atoms with Crippen molar-refractivity contribution in [2.24, 2.45) is 60.1 Å². The average molecular weight is 1840 g/mol. The summed E-state index contributed by atoms with van der Waals surface area (Å²) in [5, 5.41) is 0. The molecular weight excluding hydrogens is 1710 g/mol.